The molecule has 0 aliphatic rings. The summed E-state index contributed by atoms with van der Waals surface area (Å²) >= 11 is 1.83. The Kier molecular flexibility index (Phi) is 6.63. The zero-order chi connectivity index (χ0) is 12.7. The lowest BCUT2D eigenvalue weighted by Crippen LogP contribution is -2.25. The van der Waals surface area contributed by atoms with Crippen LogP contribution in [0.3, 0.4) is 0 Å². The van der Waals surface area contributed by atoms with E-state index in [0.717, 1.165) is 31.0 Å². The Balaban J connectivity index is 2.51. The van der Waals surface area contributed by atoms with Crippen molar-refractivity contribution in [2.24, 2.45) is 0 Å². The number of aliphatic hydroxyl groups is 1. The molecule has 2 nitrogen and oxygen atoms in total. The van der Waals surface area contributed by atoms with Crippen molar-refractivity contribution in [3.63, 3.8) is 0 Å². The lowest BCUT2D eigenvalue weighted by Gasteiger charge is -2.18. The minimum Gasteiger partial charge on any atom is -0.389 e. The predicted molar refractivity (Wildman–Crippen MR) is 75.6 cm³/mol. The molecule has 3 heteroatoms. The summed E-state index contributed by atoms with van der Waals surface area (Å²) in [6, 6.07) is 8.11. The van der Waals surface area contributed by atoms with Crippen LogP contribution in [-0.2, 0) is 0 Å². The van der Waals surface area contributed by atoms with Gasteiger partial charge in [-0.2, -0.15) is 0 Å². The summed E-state index contributed by atoms with van der Waals surface area (Å²) in [5, 5.41) is 9.68. The van der Waals surface area contributed by atoms with E-state index in [1.54, 1.807) is 0 Å². The average molecular weight is 253 g/mol. The molecule has 1 aromatic rings. The molecule has 17 heavy (non-hydrogen) atoms. The van der Waals surface area contributed by atoms with Gasteiger partial charge in [-0.1, -0.05) is 32.0 Å². The van der Waals surface area contributed by atoms with E-state index in [2.05, 4.69) is 24.8 Å². The number of rotatable bonds is 7. The van der Waals surface area contributed by atoms with Crippen molar-refractivity contribution in [2.75, 3.05) is 25.4 Å². The maximum absolute atomic E-state index is 9.68. The summed E-state index contributed by atoms with van der Waals surface area (Å²) in [7, 11) is 0. The van der Waals surface area contributed by atoms with E-state index in [-0.39, 0.29) is 6.10 Å². The van der Waals surface area contributed by atoms with Crippen LogP contribution >= 0.6 is 11.8 Å². The molecule has 1 rings (SSSR count). The highest BCUT2D eigenvalue weighted by Gasteiger charge is 2.07. The minimum absolute atomic E-state index is 0.382. The molecular formula is C14H23NOS. The lowest BCUT2D eigenvalue weighted by atomic mass is 10.1. The molecule has 0 amide bonds. The Morgan fingerprint density at radius 1 is 1.24 bits per heavy atom. The number of aliphatic hydroxyl groups excluding tert-OH is 1. The van der Waals surface area contributed by atoms with Crippen molar-refractivity contribution in [3.05, 3.63) is 29.8 Å². The van der Waals surface area contributed by atoms with Gasteiger partial charge in [0.2, 0.25) is 0 Å². The van der Waals surface area contributed by atoms with Crippen LogP contribution in [0, 0.1) is 0 Å². The number of benzene rings is 1. The van der Waals surface area contributed by atoms with Gasteiger partial charge in [0.25, 0.3) is 0 Å². The summed E-state index contributed by atoms with van der Waals surface area (Å²) < 4.78 is 0. The molecule has 1 unspecified atom stereocenters. The van der Waals surface area contributed by atoms with Crippen LogP contribution < -0.4 is 0 Å². The van der Waals surface area contributed by atoms with Crippen molar-refractivity contribution < 1.29 is 5.11 Å². The van der Waals surface area contributed by atoms with Crippen LogP contribution in [0.1, 0.15) is 32.4 Å². The van der Waals surface area contributed by atoms with Gasteiger partial charge in [0, 0.05) is 17.2 Å². The molecule has 0 saturated carbocycles. The van der Waals surface area contributed by atoms with E-state index in [4.69, 9.17) is 0 Å². The first-order valence-corrected chi connectivity index (χ1v) is 7.29. The third kappa shape index (κ3) is 4.70. The van der Waals surface area contributed by atoms with Gasteiger partial charge >= 0.3 is 0 Å². The van der Waals surface area contributed by atoms with Crippen LogP contribution in [0.15, 0.2) is 29.2 Å². The van der Waals surface area contributed by atoms with E-state index in [1.807, 2.05) is 36.9 Å². The van der Waals surface area contributed by atoms with Gasteiger partial charge < -0.3 is 10.0 Å². The number of hydrogen-bond acceptors (Lipinski definition) is 3. The Hall–Kier alpha value is -0.510. The van der Waals surface area contributed by atoms with Gasteiger partial charge in [-0.05, 0) is 31.6 Å². The highest BCUT2D eigenvalue weighted by atomic mass is 32.2. The van der Waals surface area contributed by atoms with Gasteiger partial charge in [-0.3, -0.25) is 0 Å². The van der Waals surface area contributed by atoms with Crippen molar-refractivity contribution in [2.45, 2.75) is 31.8 Å². The van der Waals surface area contributed by atoms with Gasteiger partial charge in [0.15, 0.2) is 0 Å². The molecule has 0 aromatic heterocycles. The first-order valence-electron chi connectivity index (χ1n) is 6.31. The fraction of sp³-hybridized carbons (Fsp3) is 0.571. The predicted octanol–water partition coefficient (Wildman–Crippen LogP) is 3.17. The van der Waals surface area contributed by atoms with Gasteiger partial charge in [-0.15, -0.1) is 11.8 Å². The highest BCUT2D eigenvalue weighted by molar-refractivity contribution is 7.99. The maximum Gasteiger partial charge on any atom is 0.0772 e. The summed E-state index contributed by atoms with van der Waals surface area (Å²) in [6.07, 6.45) is -0.382. The number of nitrogens with zero attached hydrogens (tertiary/aromatic N) is 1. The summed E-state index contributed by atoms with van der Waals surface area (Å²) in [5.41, 5.74) is 1.04. The van der Waals surface area contributed by atoms with Gasteiger partial charge in [-0.25, -0.2) is 0 Å². The molecule has 0 fully saturated rings. The van der Waals surface area contributed by atoms with E-state index >= 15 is 0 Å². The van der Waals surface area contributed by atoms with Crippen LogP contribution in [0.4, 0.5) is 0 Å². The van der Waals surface area contributed by atoms with Gasteiger partial charge in [0.05, 0.1) is 6.10 Å². The second kappa shape index (κ2) is 7.75. The standard InChI is InChI=1S/C14H23NOS/c1-4-15(5-2)10-11-17-14-9-7-6-8-13(14)12(3)16/h6-9,12,16H,4-5,10-11H2,1-3H3. The van der Waals surface area contributed by atoms with Crippen molar-refractivity contribution in [1.82, 2.24) is 4.90 Å². The highest BCUT2D eigenvalue weighted by Crippen LogP contribution is 2.27. The van der Waals surface area contributed by atoms with Gasteiger partial charge in [0.1, 0.15) is 0 Å². The number of thioether (sulfide) groups is 1. The Morgan fingerprint density at radius 3 is 2.47 bits per heavy atom. The molecule has 0 radical (unpaired) electrons. The third-order valence-corrected chi connectivity index (χ3v) is 4.00. The van der Waals surface area contributed by atoms with E-state index < -0.39 is 0 Å². The molecule has 1 atom stereocenters. The second-order valence-corrected chi connectivity index (χ2v) is 5.23. The molecule has 96 valence electrons. The zero-order valence-electron chi connectivity index (χ0n) is 11.0. The quantitative estimate of drug-likeness (QED) is 0.755. The van der Waals surface area contributed by atoms with Crippen LogP contribution in [0.25, 0.3) is 0 Å². The molecule has 0 spiro atoms. The molecule has 0 aliphatic carbocycles. The topological polar surface area (TPSA) is 23.5 Å². The second-order valence-electron chi connectivity index (χ2n) is 4.09. The maximum atomic E-state index is 9.68. The SMILES string of the molecule is CCN(CC)CCSc1ccccc1C(C)O. The largest absolute Gasteiger partial charge is 0.389 e. The Labute approximate surface area is 109 Å². The Bertz CT molecular complexity index is 324. The zero-order valence-corrected chi connectivity index (χ0v) is 11.8. The van der Waals surface area contributed by atoms with Crippen LogP contribution in [-0.4, -0.2) is 35.4 Å². The minimum atomic E-state index is -0.382. The first-order chi connectivity index (χ1) is 8.19. The first kappa shape index (κ1) is 14.6. The summed E-state index contributed by atoms with van der Waals surface area (Å²) in [4.78, 5) is 3.62. The van der Waals surface area contributed by atoms with Crippen molar-refractivity contribution in [3.8, 4) is 0 Å². The molecular weight excluding hydrogens is 230 g/mol. The molecule has 0 aliphatic heterocycles. The van der Waals surface area contributed by atoms with E-state index in [0.29, 0.717) is 0 Å². The van der Waals surface area contributed by atoms with Crippen molar-refractivity contribution in [1.29, 1.82) is 0 Å². The van der Waals surface area contributed by atoms with E-state index in [1.165, 1.54) is 4.90 Å². The Morgan fingerprint density at radius 2 is 1.88 bits per heavy atom. The normalized spacial score (nSPS) is 13.0. The molecule has 0 bridgehead atoms. The summed E-state index contributed by atoms with van der Waals surface area (Å²) in [6.45, 7) is 9.52. The average Bonchev–Trinajstić information content (AvgIpc) is 2.35. The molecule has 0 heterocycles. The number of hydrogen-bond donors (Lipinski definition) is 1. The van der Waals surface area contributed by atoms with Crippen molar-refractivity contribution >= 4 is 11.8 Å². The van der Waals surface area contributed by atoms with E-state index in [9.17, 15) is 5.11 Å². The third-order valence-electron chi connectivity index (χ3n) is 2.93. The fourth-order valence-corrected chi connectivity index (χ4v) is 2.93. The molecule has 1 N–H and O–H groups in total. The van der Waals surface area contributed by atoms with Crippen LogP contribution in [0.2, 0.25) is 0 Å². The summed E-state index contributed by atoms with van der Waals surface area (Å²) in [5.74, 6) is 1.07. The molecule has 0 saturated heterocycles. The lowest BCUT2D eigenvalue weighted by molar-refractivity contribution is 0.196. The van der Waals surface area contributed by atoms with Crippen LogP contribution in [0.5, 0.6) is 0 Å². The smallest absolute Gasteiger partial charge is 0.0772 e. The fourth-order valence-electron chi connectivity index (χ4n) is 1.78. The monoisotopic (exact) mass is 253 g/mol. The molecule has 1 aromatic carbocycles.